The summed E-state index contributed by atoms with van der Waals surface area (Å²) in [7, 11) is 1.59. The highest BCUT2D eigenvalue weighted by atomic mass is 32.1. The second kappa shape index (κ2) is 9.59. The predicted molar refractivity (Wildman–Crippen MR) is 125 cm³/mol. The van der Waals surface area contributed by atoms with Gasteiger partial charge in [0.15, 0.2) is 27.4 Å². The molecule has 0 saturated carbocycles. The fraction of sp³-hybridized carbons (Fsp3) is 0.182. The molecule has 2 aromatic carbocycles. The fourth-order valence-electron chi connectivity index (χ4n) is 3.24. The molecule has 0 radical (unpaired) electrons. The number of anilines is 1. The second-order valence-corrected chi connectivity index (χ2v) is 8.67. The zero-order valence-electron chi connectivity index (χ0n) is 17.7. The molecular weight excluding hydrogens is 468 g/mol. The van der Waals surface area contributed by atoms with Crippen LogP contribution in [0, 0.1) is 23.3 Å². The van der Waals surface area contributed by atoms with Crippen LogP contribution in [0.15, 0.2) is 42.5 Å². The Kier molecular flexibility index (Phi) is 6.61. The molecule has 0 fully saturated rings. The SMILES string of the molecule is COc1ccc(-c2n[nH]c(=S)n2CCC(=O)Nc2nc(-c3ccc(F)c(F)c3)c(C)s2)cc1. The Morgan fingerprint density at radius 1 is 1.18 bits per heavy atom. The third kappa shape index (κ3) is 4.99. The summed E-state index contributed by atoms with van der Waals surface area (Å²) in [4.78, 5) is 17.7. The minimum absolute atomic E-state index is 0.135. The monoisotopic (exact) mass is 487 g/mol. The Labute approximate surface area is 197 Å². The van der Waals surface area contributed by atoms with E-state index in [0.717, 1.165) is 28.3 Å². The summed E-state index contributed by atoms with van der Waals surface area (Å²) in [5.74, 6) is -0.798. The van der Waals surface area contributed by atoms with Crippen molar-refractivity contribution in [2.75, 3.05) is 12.4 Å². The van der Waals surface area contributed by atoms with Gasteiger partial charge in [0.25, 0.3) is 0 Å². The van der Waals surface area contributed by atoms with Crippen molar-refractivity contribution in [3.8, 4) is 28.4 Å². The maximum atomic E-state index is 13.6. The van der Waals surface area contributed by atoms with E-state index in [1.165, 1.54) is 17.4 Å². The summed E-state index contributed by atoms with van der Waals surface area (Å²) in [6.07, 6.45) is 0.135. The number of hydrogen-bond acceptors (Lipinski definition) is 6. The Morgan fingerprint density at radius 2 is 1.91 bits per heavy atom. The smallest absolute Gasteiger partial charge is 0.227 e. The van der Waals surface area contributed by atoms with Gasteiger partial charge in [-0.1, -0.05) is 0 Å². The van der Waals surface area contributed by atoms with Crippen LogP contribution in [0.2, 0.25) is 0 Å². The van der Waals surface area contributed by atoms with Crippen LogP contribution in [0.4, 0.5) is 13.9 Å². The molecule has 2 heterocycles. The van der Waals surface area contributed by atoms with Gasteiger partial charge in [0, 0.05) is 29.0 Å². The van der Waals surface area contributed by atoms with Gasteiger partial charge in [0.05, 0.1) is 12.8 Å². The number of aromatic amines is 1. The molecule has 7 nitrogen and oxygen atoms in total. The number of methoxy groups -OCH3 is 1. The van der Waals surface area contributed by atoms with Crippen LogP contribution in [0.3, 0.4) is 0 Å². The first kappa shape index (κ1) is 22.7. The van der Waals surface area contributed by atoms with Crippen molar-refractivity contribution in [1.29, 1.82) is 0 Å². The number of aromatic nitrogens is 4. The third-order valence-corrected chi connectivity index (χ3v) is 6.10. The Balaban J connectivity index is 1.45. The quantitative estimate of drug-likeness (QED) is 0.343. The van der Waals surface area contributed by atoms with Crippen molar-refractivity contribution in [2.45, 2.75) is 19.9 Å². The summed E-state index contributed by atoms with van der Waals surface area (Å²) in [5.41, 5.74) is 1.76. The number of ether oxygens (including phenoxy) is 1. The first-order chi connectivity index (χ1) is 15.9. The molecule has 0 aliphatic carbocycles. The van der Waals surface area contributed by atoms with E-state index in [1.54, 1.807) is 18.6 Å². The number of carbonyl (C=O) groups excluding carboxylic acids is 1. The molecule has 0 saturated heterocycles. The van der Waals surface area contributed by atoms with E-state index in [1.807, 2.05) is 24.3 Å². The van der Waals surface area contributed by atoms with Gasteiger partial charge < -0.3 is 10.1 Å². The molecule has 0 bridgehead atoms. The zero-order valence-corrected chi connectivity index (χ0v) is 19.3. The largest absolute Gasteiger partial charge is 0.497 e. The first-order valence-electron chi connectivity index (χ1n) is 9.88. The zero-order chi connectivity index (χ0) is 23.5. The summed E-state index contributed by atoms with van der Waals surface area (Å²) >= 11 is 6.58. The number of H-pyrrole nitrogens is 1. The van der Waals surface area contributed by atoms with E-state index in [-0.39, 0.29) is 12.3 Å². The lowest BCUT2D eigenvalue weighted by atomic mass is 10.1. The van der Waals surface area contributed by atoms with E-state index in [2.05, 4.69) is 20.5 Å². The Morgan fingerprint density at radius 3 is 2.61 bits per heavy atom. The number of thiazole rings is 1. The average Bonchev–Trinajstić information content (AvgIpc) is 3.36. The number of carbonyl (C=O) groups is 1. The number of nitrogens with one attached hydrogen (secondary N) is 2. The normalized spacial score (nSPS) is 10.9. The maximum absolute atomic E-state index is 13.6. The standard InChI is InChI=1S/C22H19F2N5O2S2/c1-12-19(14-5-8-16(23)17(24)11-14)26-21(33-12)25-18(30)9-10-29-20(27-28-22(29)32)13-3-6-15(31-2)7-4-13/h3-8,11H,9-10H2,1-2H3,(H,28,32)(H,25,26,30). The first-order valence-corrected chi connectivity index (χ1v) is 11.1. The molecule has 11 heteroatoms. The average molecular weight is 488 g/mol. The van der Waals surface area contributed by atoms with Gasteiger partial charge in [-0.25, -0.2) is 13.8 Å². The molecular formula is C22H19F2N5O2S2. The van der Waals surface area contributed by atoms with Crippen molar-refractivity contribution in [3.63, 3.8) is 0 Å². The van der Waals surface area contributed by atoms with Crippen molar-refractivity contribution in [1.82, 2.24) is 19.7 Å². The van der Waals surface area contributed by atoms with E-state index >= 15 is 0 Å². The highest BCUT2D eigenvalue weighted by molar-refractivity contribution is 7.71. The van der Waals surface area contributed by atoms with Crippen LogP contribution < -0.4 is 10.1 Å². The minimum Gasteiger partial charge on any atom is -0.497 e. The molecule has 2 aromatic heterocycles. The molecule has 0 spiro atoms. The summed E-state index contributed by atoms with van der Waals surface area (Å²) < 4.78 is 34.1. The highest BCUT2D eigenvalue weighted by Crippen LogP contribution is 2.31. The molecule has 1 amide bonds. The number of amides is 1. The van der Waals surface area contributed by atoms with Crippen LogP contribution in [0.1, 0.15) is 11.3 Å². The molecule has 2 N–H and O–H groups in total. The van der Waals surface area contributed by atoms with E-state index in [9.17, 15) is 13.6 Å². The van der Waals surface area contributed by atoms with E-state index in [4.69, 9.17) is 17.0 Å². The van der Waals surface area contributed by atoms with Gasteiger partial charge in [-0.05, 0) is 61.6 Å². The van der Waals surface area contributed by atoms with Crippen LogP contribution in [0.25, 0.3) is 22.6 Å². The van der Waals surface area contributed by atoms with Gasteiger partial charge >= 0.3 is 0 Å². The fourth-order valence-corrected chi connectivity index (χ4v) is 4.32. The minimum atomic E-state index is -0.949. The lowest BCUT2D eigenvalue weighted by Crippen LogP contribution is -2.15. The lowest BCUT2D eigenvalue weighted by molar-refractivity contribution is -0.116. The van der Waals surface area contributed by atoms with E-state index < -0.39 is 11.6 Å². The van der Waals surface area contributed by atoms with Crippen LogP contribution in [-0.4, -0.2) is 32.8 Å². The number of nitrogens with zero attached hydrogens (tertiary/aromatic N) is 3. The van der Waals surface area contributed by atoms with Crippen molar-refractivity contribution >= 4 is 34.6 Å². The number of halogens is 2. The highest BCUT2D eigenvalue weighted by Gasteiger charge is 2.15. The Bertz CT molecular complexity index is 1360. The van der Waals surface area contributed by atoms with Crippen LogP contribution in [0.5, 0.6) is 5.75 Å². The van der Waals surface area contributed by atoms with Gasteiger partial charge in [0.2, 0.25) is 5.91 Å². The number of hydrogen-bond donors (Lipinski definition) is 2. The van der Waals surface area contributed by atoms with Crippen LogP contribution >= 0.6 is 23.6 Å². The molecule has 0 aliphatic heterocycles. The van der Waals surface area contributed by atoms with Crippen molar-refractivity contribution < 1.29 is 18.3 Å². The molecule has 4 aromatic rings. The second-order valence-electron chi connectivity index (χ2n) is 7.08. The van der Waals surface area contributed by atoms with Gasteiger partial charge in [-0.2, -0.15) is 5.10 Å². The maximum Gasteiger partial charge on any atom is 0.227 e. The number of rotatable bonds is 7. The van der Waals surface area contributed by atoms with Gasteiger partial charge in [-0.15, -0.1) is 11.3 Å². The number of aryl methyl sites for hydroxylation is 1. The van der Waals surface area contributed by atoms with Crippen LogP contribution in [-0.2, 0) is 11.3 Å². The summed E-state index contributed by atoms with van der Waals surface area (Å²) in [6.45, 7) is 2.11. The molecule has 0 atom stereocenters. The molecule has 0 unspecified atom stereocenters. The third-order valence-electron chi connectivity index (χ3n) is 4.90. The molecule has 170 valence electrons. The van der Waals surface area contributed by atoms with Gasteiger partial charge in [-0.3, -0.25) is 14.5 Å². The molecule has 0 aliphatic rings. The van der Waals surface area contributed by atoms with E-state index in [0.29, 0.717) is 33.5 Å². The number of benzene rings is 2. The summed E-state index contributed by atoms with van der Waals surface area (Å²) in [6, 6.07) is 10.9. The molecule has 33 heavy (non-hydrogen) atoms. The topological polar surface area (TPSA) is 84.8 Å². The van der Waals surface area contributed by atoms with Gasteiger partial charge in [0.1, 0.15) is 5.75 Å². The summed E-state index contributed by atoms with van der Waals surface area (Å²) in [5, 5.41) is 10.2. The van der Waals surface area contributed by atoms with Crippen molar-refractivity contribution in [3.05, 3.63) is 63.7 Å². The lowest BCUT2D eigenvalue weighted by Gasteiger charge is -2.07. The van der Waals surface area contributed by atoms with Crippen molar-refractivity contribution in [2.24, 2.45) is 0 Å². The molecule has 4 rings (SSSR count). The predicted octanol–water partition coefficient (Wildman–Crippen LogP) is 5.36. The Hall–Kier alpha value is -3.44.